The van der Waals surface area contributed by atoms with Gasteiger partial charge in [-0.3, -0.25) is 4.79 Å². The van der Waals surface area contributed by atoms with Gasteiger partial charge in [0, 0.05) is 17.4 Å². The van der Waals surface area contributed by atoms with Crippen LogP contribution in [0.1, 0.15) is 24.5 Å². The molecule has 1 aromatic rings. The molecule has 1 aliphatic heterocycles. The molecule has 0 bridgehead atoms. The van der Waals surface area contributed by atoms with Crippen molar-refractivity contribution in [2.45, 2.75) is 18.9 Å². The lowest BCUT2D eigenvalue weighted by Crippen LogP contribution is -2.42. The lowest BCUT2D eigenvalue weighted by molar-refractivity contribution is -0.139. The minimum absolute atomic E-state index is 0. The summed E-state index contributed by atoms with van der Waals surface area (Å²) in [6, 6.07) is 8.05. The van der Waals surface area contributed by atoms with Gasteiger partial charge in [0.15, 0.2) is 0 Å². The fourth-order valence-corrected chi connectivity index (χ4v) is 2.43. The van der Waals surface area contributed by atoms with E-state index in [1.165, 1.54) is 0 Å². The number of carbonyl (C=O) groups is 1. The topological polar surface area (TPSA) is 55.6 Å². The van der Waals surface area contributed by atoms with Gasteiger partial charge in [0.2, 0.25) is 5.91 Å². The Balaban J connectivity index is 0.00000200. The van der Waals surface area contributed by atoms with E-state index >= 15 is 0 Å². The van der Waals surface area contributed by atoms with Crippen LogP contribution >= 0.6 is 28.3 Å². The average Bonchev–Trinajstić information content (AvgIpc) is 2.45. The summed E-state index contributed by atoms with van der Waals surface area (Å²) in [5.74, 6) is 0.177. The van der Waals surface area contributed by atoms with Gasteiger partial charge < -0.3 is 15.4 Å². The summed E-state index contributed by atoms with van der Waals surface area (Å²) in [6.45, 7) is 2.46. The number of hydrogen-bond donors (Lipinski definition) is 1. The van der Waals surface area contributed by atoms with Crippen LogP contribution in [0.2, 0.25) is 0 Å². The summed E-state index contributed by atoms with van der Waals surface area (Å²) in [4.78, 5) is 13.9. The lowest BCUT2D eigenvalue weighted by Gasteiger charge is -2.33. The maximum atomic E-state index is 12.0. The zero-order chi connectivity index (χ0) is 13.7. The van der Waals surface area contributed by atoms with Gasteiger partial charge in [-0.2, -0.15) is 0 Å². The largest absolute Gasteiger partial charge is 0.370 e. The van der Waals surface area contributed by atoms with Crippen molar-refractivity contribution in [1.29, 1.82) is 0 Å². The molecule has 0 spiro atoms. The summed E-state index contributed by atoms with van der Waals surface area (Å²) in [5.41, 5.74) is 6.55. The van der Waals surface area contributed by atoms with Crippen molar-refractivity contribution in [2.24, 2.45) is 5.73 Å². The number of benzene rings is 1. The van der Waals surface area contributed by atoms with Crippen LogP contribution in [-0.2, 0) is 9.53 Å². The summed E-state index contributed by atoms with van der Waals surface area (Å²) in [7, 11) is 0. The Hall–Kier alpha value is -0.620. The molecular formula is C14H20BrClN2O2. The van der Waals surface area contributed by atoms with E-state index in [0.29, 0.717) is 32.7 Å². The number of hydrogen-bond acceptors (Lipinski definition) is 3. The van der Waals surface area contributed by atoms with Gasteiger partial charge in [0.05, 0.1) is 13.2 Å². The second kappa shape index (κ2) is 8.62. The first-order valence-electron chi connectivity index (χ1n) is 6.55. The minimum atomic E-state index is -0.0244. The number of nitrogens with two attached hydrogens (primary N) is 1. The van der Waals surface area contributed by atoms with E-state index in [9.17, 15) is 4.79 Å². The predicted octanol–water partition coefficient (Wildman–Crippen LogP) is 2.51. The van der Waals surface area contributed by atoms with Crippen LogP contribution < -0.4 is 5.73 Å². The summed E-state index contributed by atoms with van der Waals surface area (Å²) < 4.78 is 6.80. The molecule has 1 unspecified atom stereocenters. The first-order valence-corrected chi connectivity index (χ1v) is 7.35. The van der Waals surface area contributed by atoms with Gasteiger partial charge in [-0.05, 0) is 30.7 Å². The number of nitrogens with zero attached hydrogens (tertiary/aromatic N) is 1. The monoisotopic (exact) mass is 362 g/mol. The first kappa shape index (κ1) is 17.4. The van der Waals surface area contributed by atoms with Crippen LogP contribution in [0.25, 0.3) is 0 Å². The molecular weight excluding hydrogens is 344 g/mol. The van der Waals surface area contributed by atoms with E-state index in [1.54, 1.807) is 0 Å². The standard InChI is InChI=1S/C14H19BrN2O2.ClH/c15-12-5-3-11(4-6-12)13-10-17(8-9-19-13)14(18)2-1-7-16;/h3-6,13H,1-2,7-10,16H2;1H. The van der Waals surface area contributed by atoms with Crippen molar-refractivity contribution >= 4 is 34.2 Å². The molecule has 2 rings (SSSR count). The Morgan fingerprint density at radius 2 is 2.10 bits per heavy atom. The molecule has 1 fully saturated rings. The van der Waals surface area contributed by atoms with E-state index in [0.717, 1.165) is 16.5 Å². The Kier molecular flexibility index (Phi) is 7.51. The Morgan fingerprint density at radius 3 is 2.75 bits per heavy atom. The van der Waals surface area contributed by atoms with Crippen molar-refractivity contribution in [1.82, 2.24) is 4.90 Å². The fourth-order valence-electron chi connectivity index (χ4n) is 2.17. The second-order valence-corrected chi connectivity index (χ2v) is 5.56. The van der Waals surface area contributed by atoms with Crippen LogP contribution in [0, 0.1) is 0 Å². The molecule has 1 saturated heterocycles. The molecule has 1 atom stereocenters. The van der Waals surface area contributed by atoms with Crippen molar-refractivity contribution < 1.29 is 9.53 Å². The van der Waals surface area contributed by atoms with Crippen molar-refractivity contribution in [3.8, 4) is 0 Å². The van der Waals surface area contributed by atoms with Crippen LogP contribution in [-0.4, -0.2) is 37.0 Å². The molecule has 112 valence electrons. The van der Waals surface area contributed by atoms with E-state index < -0.39 is 0 Å². The molecule has 20 heavy (non-hydrogen) atoms. The number of rotatable bonds is 4. The zero-order valence-electron chi connectivity index (χ0n) is 11.3. The SMILES string of the molecule is Cl.NCCCC(=O)N1CCOC(c2ccc(Br)cc2)C1. The van der Waals surface area contributed by atoms with E-state index in [1.807, 2.05) is 29.2 Å². The Bertz CT molecular complexity index is 428. The van der Waals surface area contributed by atoms with Crippen LogP contribution in [0.3, 0.4) is 0 Å². The maximum absolute atomic E-state index is 12.0. The van der Waals surface area contributed by atoms with Gasteiger partial charge in [0.25, 0.3) is 0 Å². The molecule has 0 saturated carbocycles. The van der Waals surface area contributed by atoms with Crippen molar-refractivity contribution in [2.75, 3.05) is 26.2 Å². The van der Waals surface area contributed by atoms with Gasteiger partial charge in [-0.15, -0.1) is 12.4 Å². The molecule has 6 heteroatoms. The highest BCUT2D eigenvalue weighted by Crippen LogP contribution is 2.24. The number of carbonyl (C=O) groups excluding carboxylic acids is 1. The molecule has 1 amide bonds. The molecule has 1 aromatic carbocycles. The predicted molar refractivity (Wildman–Crippen MR) is 85.0 cm³/mol. The van der Waals surface area contributed by atoms with Gasteiger partial charge >= 0.3 is 0 Å². The minimum Gasteiger partial charge on any atom is -0.370 e. The van der Waals surface area contributed by atoms with E-state index in [2.05, 4.69) is 15.9 Å². The third-order valence-electron chi connectivity index (χ3n) is 3.26. The third-order valence-corrected chi connectivity index (χ3v) is 3.78. The highest BCUT2D eigenvalue weighted by atomic mass is 79.9. The molecule has 0 aromatic heterocycles. The van der Waals surface area contributed by atoms with E-state index in [4.69, 9.17) is 10.5 Å². The molecule has 1 aliphatic rings. The maximum Gasteiger partial charge on any atom is 0.222 e. The van der Waals surface area contributed by atoms with Gasteiger partial charge in [-0.25, -0.2) is 0 Å². The summed E-state index contributed by atoms with van der Waals surface area (Å²) in [5, 5.41) is 0. The summed E-state index contributed by atoms with van der Waals surface area (Å²) in [6.07, 6.45) is 1.26. The van der Waals surface area contributed by atoms with Gasteiger partial charge in [0.1, 0.15) is 6.10 Å². The zero-order valence-corrected chi connectivity index (χ0v) is 13.7. The van der Waals surface area contributed by atoms with Crippen LogP contribution in [0.15, 0.2) is 28.7 Å². The van der Waals surface area contributed by atoms with Crippen LogP contribution in [0.5, 0.6) is 0 Å². The fraction of sp³-hybridized carbons (Fsp3) is 0.500. The van der Waals surface area contributed by atoms with Gasteiger partial charge in [-0.1, -0.05) is 28.1 Å². The average molecular weight is 364 g/mol. The molecule has 0 radical (unpaired) electrons. The third kappa shape index (κ3) is 4.74. The second-order valence-electron chi connectivity index (χ2n) is 4.64. The number of halogens is 2. The summed E-state index contributed by atoms with van der Waals surface area (Å²) >= 11 is 3.42. The smallest absolute Gasteiger partial charge is 0.222 e. The lowest BCUT2D eigenvalue weighted by atomic mass is 10.1. The number of morpholine rings is 1. The molecule has 4 nitrogen and oxygen atoms in total. The molecule has 1 heterocycles. The van der Waals surface area contributed by atoms with Crippen molar-refractivity contribution in [3.05, 3.63) is 34.3 Å². The molecule has 0 aliphatic carbocycles. The quantitative estimate of drug-likeness (QED) is 0.894. The van der Waals surface area contributed by atoms with Crippen molar-refractivity contribution in [3.63, 3.8) is 0 Å². The number of amides is 1. The normalized spacial score (nSPS) is 18.5. The first-order chi connectivity index (χ1) is 9.20. The highest BCUT2D eigenvalue weighted by molar-refractivity contribution is 9.10. The Morgan fingerprint density at radius 1 is 1.40 bits per heavy atom. The number of ether oxygens (including phenoxy) is 1. The van der Waals surface area contributed by atoms with Crippen LogP contribution in [0.4, 0.5) is 0 Å². The Labute approximate surface area is 134 Å². The van der Waals surface area contributed by atoms with E-state index in [-0.39, 0.29) is 24.4 Å². The molecule has 2 N–H and O–H groups in total. The highest BCUT2D eigenvalue weighted by Gasteiger charge is 2.24.